The van der Waals surface area contributed by atoms with Crippen molar-refractivity contribution >= 4 is 5.91 Å². The number of para-hydroxylation sites is 1. The largest absolute Gasteiger partial charge is 0.496 e. The van der Waals surface area contributed by atoms with Crippen LogP contribution < -0.4 is 15.4 Å². The first-order chi connectivity index (χ1) is 9.20. The number of benzene rings is 1. The van der Waals surface area contributed by atoms with Crippen molar-refractivity contribution in [3.05, 3.63) is 29.8 Å². The van der Waals surface area contributed by atoms with Crippen LogP contribution in [0.2, 0.25) is 0 Å². The first-order valence-corrected chi connectivity index (χ1v) is 6.86. The van der Waals surface area contributed by atoms with Gasteiger partial charge in [0.15, 0.2) is 0 Å². The van der Waals surface area contributed by atoms with Crippen LogP contribution >= 0.6 is 0 Å². The van der Waals surface area contributed by atoms with Crippen LogP contribution in [0.5, 0.6) is 5.75 Å². The van der Waals surface area contributed by atoms with Gasteiger partial charge < -0.3 is 15.4 Å². The van der Waals surface area contributed by atoms with Crippen LogP contribution in [0.3, 0.4) is 0 Å². The molecule has 0 bridgehead atoms. The van der Waals surface area contributed by atoms with Gasteiger partial charge in [-0.25, -0.2) is 0 Å². The molecule has 4 nitrogen and oxygen atoms in total. The van der Waals surface area contributed by atoms with Gasteiger partial charge in [-0.15, -0.1) is 0 Å². The molecule has 0 aliphatic carbocycles. The minimum absolute atomic E-state index is 0.0138. The van der Waals surface area contributed by atoms with E-state index in [9.17, 15) is 4.79 Å². The quantitative estimate of drug-likeness (QED) is 0.845. The summed E-state index contributed by atoms with van der Waals surface area (Å²) >= 11 is 0. The molecule has 0 saturated carbocycles. The number of carbonyl (C=O) groups is 1. The molecule has 1 aliphatic heterocycles. The molecule has 0 spiro atoms. The van der Waals surface area contributed by atoms with E-state index >= 15 is 0 Å². The second kappa shape index (κ2) is 6.57. The normalized spacial score (nSPS) is 20.0. The summed E-state index contributed by atoms with van der Waals surface area (Å²) in [6.07, 6.45) is 2.80. The first kappa shape index (κ1) is 13.9. The third-order valence-corrected chi connectivity index (χ3v) is 3.48. The zero-order valence-electron chi connectivity index (χ0n) is 11.6. The van der Waals surface area contributed by atoms with E-state index in [4.69, 9.17) is 4.74 Å². The fraction of sp³-hybridized carbons (Fsp3) is 0.533. The zero-order chi connectivity index (χ0) is 13.7. The van der Waals surface area contributed by atoms with Crippen LogP contribution in [0.15, 0.2) is 24.3 Å². The Morgan fingerprint density at radius 1 is 1.53 bits per heavy atom. The molecule has 1 amide bonds. The molecule has 1 aromatic carbocycles. The fourth-order valence-electron chi connectivity index (χ4n) is 2.50. The Labute approximate surface area is 114 Å². The maximum Gasteiger partial charge on any atom is 0.237 e. The molecule has 1 heterocycles. The minimum Gasteiger partial charge on any atom is -0.496 e. The Kier molecular flexibility index (Phi) is 4.80. The van der Waals surface area contributed by atoms with Crippen molar-refractivity contribution < 1.29 is 9.53 Å². The van der Waals surface area contributed by atoms with Gasteiger partial charge in [-0.1, -0.05) is 18.2 Å². The molecule has 0 radical (unpaired) electrons. The lowest BCUT2D eigenvalue weighted by Crippen LogP contribution is -2.44. The van der Waals surface area contributed by atoms with Crippen molar-refractivity contribution in [2.75, 3.05) is 13.7 Å². The highest BCUT2D eigenvalue weighted by Gasteiger charge is 2.23. The highest BCUT2D eigenvalue weighted by molar-refractivity contribution is 5.82. The number of hydrogen-bond donors (Lipinski definition) is 2. The maximum absolute atomic E-state index is 12.0. The molecule has 104 valence electrons. The zero-order valence-corrected chi connectivity index (χ0v) is 11.6. The second-order valence-electron chi connectivity index (χ2n) is 5.07. The van der Waals surface area contributed by atoms with Crippen molar-refractivity contribution in [1.82, 2.24) is 10.6 Å². The highest BCUT2D eigenvalue weighted by Crippen LogP contribution is 2.19. The lowest BCUT2D eigenvalue weighted by atomic mass is 10.1. The number of rotatable bonds is 5. The Balaban J connectivity index is 1.89. The summed E-state index contributed by atoms with van der Waals surface area (Å²) < 4.78 is 5.33. The maximum atomic E-state index is 12.0. The predicted octanol–water partition coefficient (Wildman–Crippen LogP) is 1.49. The van der Waals surface area contributed by atoms with Gasteiger partial charge in [0.05, 0.1) is 13.2 Å². The molecule has 1 aromatic rings. The Morgan fingerprint density at radius 3 is 3.00 bits per heavy atom. The van der Waals surface area contributed by atoms with E-state index in [0.717, 1.165) is 37.1 Å². The summed E-state index contributed by atoms with van der Waals surface area (Å²) in [6.45, 7) is 2.97. The van der Waals surface area contributed by atoms with E-state index in [1.165, 1.54) is 0 Å². The van der Waals surface area contributed by atoms with Crippen LogP contribution in [-0.2, 0) is 11.2 Å². The Bertz CT molecular complexity index is 428. The van der Waals surface area contributed by atoms with Gasteiger partial charge in [0.1, 0.15) is 5.75 Å². The van der Waals surface area contributed by atoms with Gasteiger partial charge in [0, 0.05) is 6.04 Å². The fourth-order valence-corrected chi connectivity index (χ4v) is 2.50. The molecule has 1 fully saturated rings. The van der Waals surface area contributed by atoms with E-state index in [1.807, 2.05) is 31.2 Å². The van der Waals surface area contributed by atoms with E-state index in [0.29, 0.717) is 0 Å². The number of methoxy groups -OCH3 is 1. The SMILES string of the molecule is COc1ccccc1CC(C)NC(=O)C1CCCN1. The number of hydrogen-bond acceptors (Lipinski definition) is 3. The van der Waals surface area contributed by atoms with Crippen LogP contribution in [0.1, 0.15) is 25.3 Å². The molecular weight excluding hydrogens is 240 g/mol. The number of amides is 1. The van der Waals surface area contributed by atoms with Gasteiger partial charge in [-0.3, -0.25) is 4.79 Å². The average molecular weight is 262 g/mol. The van der Waals surface area contributed by atoms with Crippen molar-refractivity contribution in [2.45, 2.75) is 38.3 Å². The van der Waals surface area contributed by atoms with Crippen molar-refractivity contribution in [3.8, 4) is 5.75 Å². The van der Waals surface area contributed by atoms with E-state index in [1.54, 1.807) is 7.11 Å². The summed E-state index contributed by atoms with van der Waals surface area (Å²) in [5.74, 6) is 0.988. The summed E-state index contributed by atoms with van der Waals surface area (Å²) in [5, 5.41) is 6.28. The third-order valence-electron chi connectivity index (χ3n) is 3.48. The predicted molar refractivity (Wildman–Crippen MR) is 75.3 cm³/mol. The van der Waals surface area contributed by atoms with Crippen LogP contribution in [0.25, 0.3) is 0 Å². The van der Waals surface area contributed by atoms with Gasteiger partial charge in [-0.05, 0) is 44.4 Å². The molecule has 4 heteroatoms. The van der Waals surface area contributed by atoms with Gasteiger partial charge in [-0.2, -0.15) is 0 Å². The first-order valence-electron chi connectivity index (χ1n) is 6.86. The van der Waals surface area contributed by atoms with E-state index in [-0.39, 0.29) is 18.0 Å². The minimum atomic E-state index is -0.0138. The molecule has 2 atom stereocenters. The molecule has 1 aliphatic rings. The second-order valence-corrected chi connectivity index (χ2v) is 5.07. The third kappa shape index (κ3) is 3.70. The average Bonchev–Trinajstić information content (AvgIpc) is 2.93. The van der Waals surface area contributed by atoms with Crippen LogP contribution in [0, 0.1) is 0 Å². The summed E-state index contributed by atoms with van der Waals surface area (Å²) in [6, 6.07) is 8.02. The molecular formula is C15H22N2O2. The monoisotopic (exact) mass is 262 g/mol. The standard InChI is InChI=1S/C15H22N2O2/c1-11(17-15(18)13-7-5-9-16-13)10-12-6-3-4-8-14(12)19-2/h3-4,6,8,11,13,16H,5,7,9-10H2,1-2H3,(H,17,18). The van der Waals surface area contributed by atoms with Gasteiger partial charge >= 0.3 is 0 Å². The molecule has 2 unspecified atom stereocenters. The lowest BCUT2D eigenvalue weighted by Gasteiger charge is -2.18. The molecule has 19 heavy (non-hydrogen) atoms. The van der Waals surface area contributed by atoms with Crippen molar-refractivity contribution in [2.24, 2.45) is 0 Å². The summed E-state index contributed by atoms with van der Waals surface area (Å²) in [4.78, 5) is 12.0. The van der Waals surface area contributed by atoms with Crippen LogP contribution in [0.4, 0.5) is 0 Å². The number of nitrogens with one attached hydrogen (secondary N) is 2. The van der Waals surface area contributed by atoms with E-state index in [2.05, 4.69) is 10.6 Å². The molecule has 2 N–H and O–H groups in total. The van der Waals surface area contributed by atoms with Crippen molar-refractivity contribution in [3.63, 3.8) is 0 Å². The molecule has 1 saturated heterocycles. The summed E-state index contributed by atoms with van der Waals surface area (Å²) in [5.41, 5.74) is 1.12. The number of carbonyl (C=O) groups excluding carboxylic acids is 1. The highest BCUT2D eigenvalue weighted by atomic mass is 16.5. The summed E-state index contributed by atoms with van der Waals surface area (Å²) in [7, 11) is 1.67. The Morgan fingerprint density at radius 2 is 2.32 bits per heavy atom. The smallest absolute Gasteiger partial charge is 0.237 e. The van der Waals surface area contributed by atoms with E-state index < -0.39 is 0 Å². The Hall–Kier alpha value is -1.55. The van der Waals surface area contributed by atoms with Gasteiger partial charge in [0.2, 0.25) is 5.91 Å². The van der Waals surface area contributed by atoms with Crippen LogP contribution in [-0.4, -0.2) is 31.6 Å². The van der Waals surface area contributed by atoms with Gasteiger partial charge in [0.25, 0.3) is 0 Å². The lowest BCUT2D eigenvalue weighted by molar-refractivity contribution is -0.123. The molecule has 0 aromatic heterocycles. The topological polar surface area (TPSA) is 50.4 Å². The van der Waals surface area contributed by atoms with Crippen molar-refractivity contribution in [1.29, 1.82) is 0 Å². The molecule has 2 rings (SSSR count). The number of ether oxygens (including phenoxy) is 1.